The monoisotopic (exact) mass is 379 g/mol. The molecule has 1 aliphatic rings. The van der Waals surface area contributed by atoms with Gasteiger partial charge < -0.3 is 4.90 Å². The number of hydrogen-bond acceptors (Lipinski definition) is 3. The van der Waals surface area contributed by atoms with E-state index in [0.29, 0.717) is 6.07 Å². The number of hydrogen-bond donors (Lipinski definition) is 0. The summed E-state index contributed by atoms with van der Waals surface area (Å²) in [5, 5.41) is 8.76. The Bertz CT molecular complexity index is 807. The zero-order valence-electron chi connectivity index (χ0n) is 13.4. The van der Waals surface area contributed by atoms with Crippen LogP contribution >= 0.6 is 0 Å². The van der Waals surface area contributed by atoms with Crippen LogP contribution in [0.2, 0.25) is 0 Å². The molecule has 3 amide bonds. The molecular weight excluding hydrogens is 368 g/mol. The predicted molar refractivity (Wildman–Crippen MR) is 75.9 cm³/mol. The second-order valence-corrected chi connectivity index (χ2v) is 6.02. The number of rotatable bonds is 2. The van der Waals surface area contributed by atoms with Crippen molar-refractivity contribution in [3.63, 3.8) is 0 Å². The van der Waals surface area contributed by atoms with Crippen LogP contribution < -0.4 is 4.90 Å². The molecular formula is C15H11F6N3O2. The molecule has 1 fully saturated rings. The molecule has 0 aliphatic carbocycles. The predicted octanol–water partition coefficient (Wildman–Crippen LogP) is 3.69. The summed E-state index contributed by atoms with van der Waals surface area (Å²) in [7, 11) is 0. The number of carbonyl (C=O) groups excluding carboxylic acids is 2. The van der Waals surface area contributed by atoms with Gasteiger partial charge in [-0.1, -0.05) is 0 Å². The van der Waals surface area contributed by atoms with Crippen LogP contribution in [0.25, 0.3) is 0 Å². The Morgan fingerprint density at radius 2 is 1.69 bits per heavy atom. The zero-order chi connectivity index (χ0) is 20.1. The molecule has 11 heteroatoms. The fourth-order valence-electron chi connectivity index (χ4n) is 2.51. The Kier molecular flexibility index (Phi) is 4.43. The van der Waals surface area contributed by atoms with Crippen molar-refractivity contribution >= 4 is 17.6 Å². The van der Waals surface area contributed by atoms with Gasteiger partial charge in [0.2, 0.25) is 0 Å². The fraction of sp³-hybridized carbons (Fsp3) is 0.400. The fourth-order valence-corrected chi connectivity index (χ4v) is 2.51. The van der Waals surface area contributed by atoms with Gasteiger partial charge in [0, 0.05) is 0 Å². The molecule has 2 rings (SSSR count). The van der Waals surface area contributed by atoms with Crippen molar-refractivity contribution in [2.45, 2.75) is 31.7 Å². The maximum absolute atomic E-state index is 13.0. The van der Waals surface area contributed by atoms with Crippen LogP contribution in [-0.2, 0) is 11.0 Å². The van der Waals surface area contributed by atoms with E-state index in [2.05, 4.69) is 0 Å². The largest absolute Gasteiger partial charge is 0.417 e. The highest BCUT2D eigenvalue weighted by Gasteiger charge is 2.55. The lowest BCUT2D eigenvalue weighted by molar-refractivity contribution is -0.149. The smallest absolute Gasteiger partial charge is 0.301 e. The summed E-state index contributed by atoms with van der Waals surface area (Å²) in [5.74, 6) is -1.11. The number of urea groups is 1. The number of alkyl halides is 6. The molecule has 0 atom stereocenters. The zero-order valence-corrected chi connectivity index (χ0v) is 13.4. The first kappa shape index (κ1) is 19.6. The van der Waals surface area contributed by atoms with Crippen LogP contribution in [0.1, 0.15) is 25.0 Å². The van der Waals surface area contributed by atoms with E-state index in [1.54, 1.807) is 0 Å². The van der Waals surface area contributed by atoms with Crippen LogP contribution in [-0.4, -0.2) is 35.1 Å². The van der Waals surface area contributed by atoms with Gasteiger partial charge >= 0.3 is 18.4 Å². The molecule has 0 bridgehead atoms. The third-order valence-electron chi connectivity index (χ3n) is 3.85. The molecule has 0 unspecified atom stereocenters. The highest BCUT2D eigenvalue weighted by Crippen LogP contribution is 2.38. The van der Waals surface area contributed by atoms with Crippen molar-refractivity contribution in [2.75, 3.05) is 11.4 Å². The molecule has 5 nitrogen and oxygen atoms in total. The lowest BCUT2D eigenvalue weighted by Crippen LogP contribution is -2.48. The summed E-state index contributed by atoms with van der Waals surface area (Å²) in [4.78, 5) is 25.2. The van der Waals surface area contributed by atoms with E-state index in [1.165, 1.54) is 6.07 Å². The van der Waals surface area contributed by atoms with Gasteiger partial charge in [0.1, 0.15) is 12.1 Å². The minimum Gasteiger partial charge on any atom is -0.301 e. The van der Waals surface area contributed by atoms with E-state index in [-0.39, 0.29) is 9.80 Å². The van der Waals surface area contributed by atoms with Crippen molar-refractivity contribution < 1.29 is 35.9 Å². The van der Waals surface area contributed by atoms with Crippen LogP contribution in [0.15, 0.2) is 18.2 Å². The third-order valence-corrected chi connectivity index (χ3v) is 3.85. The Labute approximate surface area is 143 Å². The van der Waals surface area contributed by atoms with E-state index < -0.39 is 53.2 Å². The highest BCUT2D eigenvalue weighted by molar-refractivity contribution is 6.23. The Balaban J connectivity index is 2.54. The first-order valence-electron chi connectivity index (χ1n) is 7.04. The Hall–Kier alpha value is -2.77. The van der Waals surface area contributed by atoms with Gasteiger partial charge in [0.15, 0.2) is 0 Å². The van der Waals surface area contributed by atoms with E-state index in [1.807, 2.05) is 0 Å². The number of anilines is 1. The van der Waals surface area contributed by atoms with E-state index >= 15 is 0 Å². The van der Waals surface area contributed by atoms with Gasteiger partial charge in [0.05, 0.1) is 22.9 Å². The summed E-state index contributed by atoms with van der Waals surface area (Å²) in [6.45, 7) is 0.393. The molecule has 0 N–H and O–H groups in total. The van der Waals surface area contributed by atoms with Crippen LogP contribution in [0.5, 0.6) is 0 Å². The molecule has 0 radical (unpaired) electrons. The molecule has 1 aromatic carbocycles. The summed E-state index contributed by atoms with van der Waals surface area (Å²) in [6.07, 6.45) is -9.75. The second-order valence-electron chi connectivity index (χ2n) is 6.02. The van der Waals surface area contributed by atoms with Gasteiger partial charge in [-0.2, -0.15) is 31.6 Å². The first-order valence-corrected chi connectivity index (χ1v) is 7.04. The van der Waals surface area contributed by atoms with E-state index in [0.717, 1.165) is 26.0 Å². The summed E-state index contributed by atoms with van der Waals surface area (Å²) >= 11 is 0. The van der Waals surface area contributed by atoms with Crippen molar-refractivity contribution in [3.05, 3.63) is 29.3 Å². The number of nitriles is 1. The molecule has 1 saturated heterocycles. The van der Waals surface area contributed by atoms with Crippen LogP contribution in [0, 0.1) is 11.3 Å². The molecule has 1 aliphatic heterocycles. The topological polar surface area (TPSA) is 64.4 Å². The number of amides is 3. The molecule has 1 heterocycles. The number of imide groups is 1. The third kappa shape index (κ3) is 3.31. The summed E-state index contributed by atoms with van der Waals surface area (Å²) in [6, 6.07) is 1.98. The molecule has 0 saturated carbocycles. The SMILES string of the molecule is CC1(C)C(=O)N(c2ccc(C#N)c(C(F)(F)F)c2)C(=O)N1CC(F)(F)F. The quantitative estimate of drug-likeness (QED) is 0.582. The minimum atomic E-state index is -4.95. The summed E-state index contributed by atoms with van der Waals surface area (Å²) in [5.41, 5.74) is -4.61. The lowest BCUT2D eigenvalue weighted by atomic mass is 10.0. The maximum Gasteiger partial charge on any atom is 0.417 e. The van der Waals surface area contributed by atoms with E-state index in [9.17, 15) is 35.9 Å². The van der Waals surface area contributed by atoms with Crippen LogP contribution in [0.3, 0.4) is 0 Å². The van der Waals surface area contributed by atoms with Crippen molar-refractivity contribution in [2.24, 2.45) is 0 Å². The Morgan fingerprint density at radius 3 is 2.15 bits per heavy atom. The second kappa shape index (κ2) is 5.89. The summed E-state index contributed by atoms with van der Waals surface area (Å²) < 4.78 is 77.2. The molecule has 1 aromatic rings. The van der Waals surface area contributed by atoms with Crippen molar-refractivity contribution in [1.29, 1.82) is 5.26 Å². The molecule has 0 spiro atoms. The average molecular weight is 379 g/mol. The van der Waals surface area contributed by atoms with Gasteiger partial charge in [-0.25, -0.2) is 9.69 Å². The molecule has 0 aromatic heterocycles. The number of halogens is 6. The van der Waals surface area contributed by atoms with Gasteiger partial charge in [0.25, 0.3) is 5.91 Å². The number of carbonyl (C=O) groups is 2. The van der Waals surface area contributed by atoms with Gasteiger partial charge in [-0.3, -0.25) is 4.79 Å². The Morgan fingerprint density at radius 1 is 1.12 bits per heavy atom. The van der Waals surface area contributed by atoms with Gasteiger partial charge in [-0.15, -0.1) is 0 Å². The van der Waals surface area contributed by atoms with Crippen LogP contribution in [0.4, 0.5) is 36.8 Å². The first-order chi connectivity index (χ1) is 11.7. The van der Waals surface area contributed by atoms with E-state index in [4.69, 9.17) is 5.26 Å². The number of benzene rings is 1. The highest BCUT2D eigenvalue weighted by atomic mass is 19.4. The lowest BCUT2D eigenvalue weighted by Gasteiger charge is -2.28. The average Bonchev–Trinajstić information content (AvgIpc) is 2.65. The standard InChI is InChI=1S/C15H11F6N3O2/c1-13(2)11(25)24(12(26)23(13)7-14(16,17)18)9-4-3-8(6-22)10(5-9)15(19,20)21/h3-5H,7H2,1-2H3. The van der Waals surface area contributed by atoms with Crippen molar-refractivity contribution in [1.82, 2.24) is 4.90 Å². The minimum absolute atomic E-state index is 0.237. The molecule has 140 valence electrons. The number of nitrogens with zero attached hydrogens (tertiary/aromatic N) is 3. The maximum atomic E-state index is 13.0. The van der Waals surface area contributed by atoms with Crippen molar-refractivity contribution in [3.8, 4) is 6.07 Å². The normalized spacial score (nSPS) is 17.7. The molecule has 26 heavy (non-hydrogen) atoms. The van der Waals surface area contributed by atoms with Gasteiger partial charge in [-0.05, 0) is 32.0 Å².